The lowest BCUT2D eigenvalue weighted by Gasteiger charge is -1.99. The van der Waals surface area contributed by atoms with Crippen molar-refractivity contribution in [3.8, 4) is 6.07 Å². The van der Waals surface area contributed by atoms with Crippen LogP contribution in [0.5, 0.6) is 0 Å². The van der Waals surface area contributed by atoms with E-state index in [9.17, 15) is 4.79 Å². The Morgan fingerprint density at radius 1 is 1.58 bits per heavy atom. The van der Waals surface area contributed by atoms with Gasteiger partial charge < -0.3 is 5.32 Å². The molecule has 0 aliphatic heterocycles. The second-order valence-electron chi connectivity index (χ2n) is 2.08. The van der Waals surface area contributed by atoms with Crippen molar-refractivity contribution in [1.29, 1.82) is 5.26 Å². The normalized spacial score (nSPS) is 8.67. The second kappa shape index (κ2) is 3.88. The number of amides is 1. The molecule has 1 N–H and O–H groups in total. The largest absolute Gasteiger partial charge is 0.326 e. The Hall–Kier alpha value is -1.34. The fraction of sp³-hybridized carbons (Fsp3) is 0. The lowest BCUT2D eigenvalue weighted by atomic mass is 10.3. The minimum Gasteiger partial charge on any atom is -0.313 e. The van der Waals surface area contributed by atoms with Crippen LogP contribution >= 0.6 is 15.9 Å². The summed E-state index contributed by atoms with van der Waals surface area (Å²) < 4.78 is 0.859. The van der Waals surface area contributed by atoms with E-state index in [1.165, 1.54) is 6.07 Å². The van der Waals surface area contributed by atoms with Crippen molar-refractivity contribution in [2.45, 2.75) is 0 Å². The minimum atomic E-state index is -0.659. The van der Waals surface area contributed by atoms with Gasteiger partial charge in [0.15, 0.2) is 6.07 Å². The molecule has 0 aliphatic carbocycles. The van der Waals surface area contributed by atoms with E-state index >= 15 is 0 Å². The molecule has 0 atom stereocenters. The van der Waals surface area contributed by atoms with Crippen molar-refractivity contribution in [1.82, 2.24) is 0 Å². The summed E-state index contributed by atoms with van der Waals surface area (Å²) in [7, 11) is 0. The van der Waals surface area contributed by atoms with Gasteiger partial charge in [-0.05, 0) is 18.2 Å². The summed E-state index contributed by atoms with van der Waals surface area (Å²) in [5.41, 5.74) is 0.607. The smallest absolute Gasteiger partial charge is 0.313 e. The summed E-state index contributed by atoms with van der Waals surface area (Å²) >= 11 is 3.24. The molecule has 1 aromatic carbocycles. The molecule has 1 amide bonds. The Morgan fingerprint density at radius 3 is 2.92 bits per heavy atom. The Kier molecular flexibility index (Phi) is 2.83. The van der Waals surface area contributed by atoms with Crippen molar-refractivity contribution in [3.05, 3.63) is 28.7 Å². The average molecular weight is 225 g/mol. The lowest BCUT2D eigenvalue weighted by Crippen LogP contribution is -2.07. The van der Waals surface area contributed by atoms with Gasteiger partial charge in [0.25, 0.3) is 0 Å². The summed E-state index contributed by atoms with van der Waals surface area (Å²) in [6, 6.07) is 8.50. The monoisotopic (exact) mass is 224 g/mol. The van der Waals surface area contributed by atoms with Crippen molar-refractivity contribution >= 4 is 27.5 Å². The number of hydrogen-bond donors (Lipinski definition) is 1. The number of hydrogen-bond acceptors (Lipinski definition) is 2. The third-order valence-corrected chi connectivity index (χ3v) is 1.68. The van der Waals surface area contributed by atoms with Crippen LogP contribution in [0.2, 0.25) is 0 Å². The summed E-state index contributed by atoms with van der Waals surface area (Å²) in [5, 5.41) is 10.6. The van der Waals surface area contributed by atoms with Gasteiger partial charge in [-0.2, -0.15) is 5.26 Å². The van der Waals surface area contributed by atoms with Gasteiger partial charge in [-0.25, -0.2) is 0 Å². The highest BCUT2D eigenvalue weighted by molar-refractivity contribution is 9.10. The zero-order chi connectivity index (χ0) is 8.97. The van der Waals surface area contributed by atoms with E-state index in [-0.39, 0.29) is 0 Å². The van der Waals surface area contributed by atoms with Crippen LogP contribution in [0.15, 0.2) is 28.7 Å². The Labute approximate surface area is 78.1 Å². The first-order valence-electron chi connectivity index (χ1n) is 3.19. The van der Waals surface area contributed by atoms with Gasteiger partial charge >= 0.3 is 5.91 Å². The zero-order valence-electron chi connectivity index (χ0n) is 6.04. The minimum absolute atomic E-state index is 0.607. The molecule has 0 heterocycles. The van der Waals surface area contributed by atoms with Crippen molar-refractivity contribution in [2.24, 2.45) is 0 Å². The third kappa shape index (κ3) is 2.36. The number of carbonyl (C=O) groups excluding carboxylic acids is 1. The predicted molar refractivity (Wildman–Crippen MR) is 48.4 cm³/mol. The SMILES string of the molecule is N#CC(=O)Nc1cccc(Br)c1. The molecule has 0 aromatic heterocycles. The molecule has 0 saturated heterocycles. The highest BCUT2D eigenvalue weighted by Crippen LogP contribution is 2.15. The molecule has 0 saturated carbocycles. The van der Waals surface area contributed by atoms with E-state index in [1.807, 2.05) is 6.07 Å². The predicted octanol–water partition coefficient (Wildman–Crippen LogP) is 1.91. The van der Waals surface area contributed by atoms with Crippen LogP contribution < -0.4 is 5.32 Å². The van der Waals surface area contributed by atoms with Gasteiger partial charge in [-0.1, -0.05) is 22.0 Å². The number of nitriles is 1. The number of anilines is 1. The van der Waals surface area contributed by atoms with Gasteiger partial charge in [0, 0.05) is 10.2 Å². The number of nitrogens with one attached hydrogen (secondary N) is 1. The Morgan fingerprint density at radius 2 is 2.33 bits per heavy atom. The molecule has 12 heavy (non-hydrogen) atoms. The van der Waals surface area contributed by atoms with Gasteiger partial charge in [-0.15, -0.1) is 0 Å². The van der Waals surface area contributed by atoms with E-state index in [4.69, 9.17) is 5.26 Å². The second-order valence-corrected chi connectivity index (χ2v) is 2.99. The van der Waals surface area contributed by atoms with E-state index in [1.54, 1.807) is 18.2 Å². The molecular formula is C8H5BrN2O. The Bertz CT molecular complexity index is 343. The first kappa shape index (κ1) is 8.75. The average Bonchev–Trinajstić information content (AvgIpc) is 2.04. The molecule has 60 valence electrons. The van der Waals surface area contributed by atoms with Crippen LogP contribution in [0.4, 0.5) is 5.69 Å². The molecule has 0 fully saturated rings. The highest BCUT2D eigenvalue weighted by atomic mass is 79.9. The molecule has 0 bridgehead atoms. The van der Waals surface area contributed by atoms with Gasteiger partial charge in [-0.3, -0.25) is 4.79 Å². The molecule has 0 unspecified atom stereocenters. The maximum Gasteiger partial charge on any atom is 0.326 e. The number of carbonyl (C=O) groups is 1. The molecule has 0 radical (unpaired) electrons. The van der Waals surface area contributed by atoms with Crippen molar-refractivity contribution in [2.75, 3.05) is 5.32 Å². The van der Waals surface area contributed by atoms with E-state index in [0.29, 0.717) is 5.69 Å². The molecule has 1 rings (SSSR count). The fourth-order valence-electron chi connectivity index (χ4n) is 0.725. The summed E-state index contributed by atoms with van der Waals surface area (Å²) in [5.74, 6) is -0.659. The molecular weight excluding hydrogens is 220 g/mol. The van der Waals surface area contributed by atoms with Crippen LogP contribution in [-0.2, 0) is 4.79 Å². The highest BCUT2D eigenvalue weighted by Gasteiger charge is 1.98. The number of benzene rings is 1. The zero-order valence-corrected chi connectivity index (χ0v) is 7.63. The first-order chi connectivity index (χ1) is 5.72. The van der Waals surface area contributed by atoms with E-state index in [2.05, 4.69) is 21.2 Å². The number of nitrogens with zero attached hydrogens (tertiary/aromatic N) is 1. The Balaban J connectivity index is 2.78. The van der Waals surface area contributed by atoms with Gasteiger partial charge in [0.1, 0.15) is 0 Å². The van der Waals surface area contributed by atoms with Crippen LogP contribution in [0.25, 0.3) is 0 Å². The number of halogens is 1. The maximum absolute atomic E-state index is 10.6. The van der Waals surface area contributed by atoms with Crippen molar-refractivity contribution in [3.63, 3.8) is 0 Å². The molecule has 1 aromatic rings. The van der Waals surface area contributed by atoms with Crippen molar-refractivity contribution < 1.29 is 4.79 Å². The van der Waals surface area contributed by atoms with E-state index in [0.717, 1.165) is 4.47 Å². The van der Waals surface area contributed by atoms with Crippen LogP contribution in [0.3, 0.4) is 0 Å². The van der Waals surface area contributed by atoms with Gasteiger partial charge in [0.05, 0.1) is 0 Å². The fourth-order valence-corrected chi connectivity index (χ4v) is 1.12. The summed E-state index contributed by atoms with van der Waals surface area (Å²) in [6.07, 6.45) is 0. The molecule has 4 heteroatoms. The van der Waals surface area contributed by atoms with Crippen LogP contribution in [0, 0.1) is 11.3 Å². The first-order valence-corrected chi connectivity index (χ1v) is 3.98. The number of rotatable bonds is 1. The van der Waals surface area contributed by atoms with Gasteiger partial charge in [0.2, 0.25) is 0 Å². The lowest BCUT2D eigenvalue weighted by molar-refractivity contribution is -0.111. The topological polar surface area (TPSA) is 52.9 Å². The third-order valence-electron chi connectivity index (χ3n) is 1.18. The quantitative estimate of drug-likeness (QED) is 0.742. The summed E-state index contributed by atoms with van der Waals surface area (Å²) in [4.78, 5) is 10.6. The molecule has 0 aliphatic rings. The maximum atomic E-state index is 10.6. The summed E-state index contributed by atoms with van der Waals surface area (Å²) in [6.45, 7) is 0. The molecule has 3 nitrogen and oxygen atoms in total. The van der Waals surface area contributed by atoms with E-state index < -0.39 is 5.91 Å². The standard InChI is InChI=1S/C8H5BrN2O/c9-6-2-1-3-7(4-6)11-8(12)5-10/h1-4H,(H,11,12). The molecule has 0 spiro atoms. The van der Waals surface area contributed by atoms with Crippen LogP contribution in [0.1, 0.15) is 0 Å². The van der Waals surface area contributed by atoms with Crippen LogP contribution in [-0.4, -0.2) is 5.91 Å².